The minimum absolute atomic E-state index is 0.620. The van der Waals surface area contributed by atoms with E-state index in [1.807, 2.05) is 30.3 Å². The number of nitrogens with zero attached hydrogens (tertiary/aromatic N) is 4. The molecule has 3 aromatic rings. The molecule has 1 aliphatic heterocycles. The van der Waals surface area contributed by atoms with Crippen LogP contribution in [0.15, 0.2) is 48.7 Å². The first-order valence-corrected chi connectivity index (χ1v) is 8.30. The van der Waals surface area contributed by atoms with Crippen LogP contribution >= 0.6 is 0 Å². The summed E-state index contributed by atoms with van der Waals surface area (Å²) in [6.07, 6.45) is 3.95. The third-order valence-electron chi connectivity index (χ3n) is 4.56. The van der Waals surface area contributed by atoms with Gasteiger partial charge in [-0.05, 0) is 52.1 Å². The van der Waals surface area contributed by atoms with E-state index in [-0.39, 0.29) is 0 Å². The summed E-state index contributed by atoms with van der Waals surface area (Å²) in [7, 11) is 0. The van der Waals surface area contributed by atoms with Crippen molar-refractivity contribution in [1.82, 2.24) is 15.1 Å². The van der Waals surface area contributed by atoms with Gasteiger partial charge in [0.2, 0.25) is 0 Å². The number of anilines is 1. The van der Waals surface area contributed by atoms with Crippen LogP contribution in [0.5, 0.6) is 0 Å². The van der Waals surface area contributed by atoms with Gasteiger partial charge in [-0.25, -0.2) is 0 Å². The lowest BCUT2D eigenvalue weighted by molar-refractivity contribution is 0.417. The first-order valence-electron chi connectivity index (χ1n) is 8.30. The molecule has 0 saturated carbocycles. The number of aromatic nitrogens is 2. The van der Waals surface area contributed by atoms with Gasteiger partial charge in [-0.15, -0.1) is 0 Å². The second-order valence-electron chi connectivity index (χ2n) is 6.25. The summed E-state index contributed by atoms with van der Waals surface area (Å²) < 4.78 is 0. The molecule has 1 aromatic heterocycles. The summed E-state index contributed by atoms with van der Waals surface area (Å²) >= 11 is 0. The van der Waals surface area contributed by atoms with Crippen molar-refractivity contribution in [3.63, 3.8) is 0 Å². The summed E-state index contributed by atoms with van der Waals surface area (Å²) in [5, 5.41) is 28.4. The van der Waals surface area contributed by atoms with E-state index in [1.165, 1.54) is 11.1 Å². The Labute approximate surface area is 151 Å². The average molecular weight is 340 g/mol. The van der Waals surface area contributed by atoms with Crippen molar-refractivity contribution in [2.75, 3.05) is 5.32 Å². The molecule has 0 atom stereocenters. The highest BCUT2D eigenvalue weighted by Crippen LogP contribution is 2.34. The first kappa shape index (κ1) is 15.7. The second kappa shape index (κ2) is 6.62. The van der Waals surface area contributed by atoms with Gasteiger partial charge in [0.15, 0.2) is 6.19 Å². The summed E-state index contributed by atoms with van der Waals surface area (Å²) in [5.74, 6) is 0.865. The number of hydrogen-bond donors (Lipinski definition) is 2. The van der Waals surface area contributed by atoms with E-state index in [1.54, 1.807) is 11.1 Å². The summed E-state index contributed by atoms with van der Waals surface area (Å²) in [6.45, 7) is 1.91. The SMILES string of the molecule is N#Cc1ccc(-c2cc(CNc3ccn[nH]3)cc3c2CN(C#N)C3)cc1. The van der Waals surface area contributed by atoms with Crippen molar-refractivity contribution in [2.24, 2.45) is 0 Å². The monoisotopic (exact) mass is 340 g/mol. The minimum atomic E-state index is 0.620. The van der Waals surface area contributed by atoms with Crippen molar-refractivity contribution in [3.8, 4) is 23.4 Å². The molecule has 1 aliphatic rings. The van der Waals surface area contributed by atoms with Crippen LogP contribution in [0.1, 0.15) is 22.3 Å². The molecule has 26 heavy (non-hydrogen) atoms. The number of benzene rings is 2. The molecule has 0 unspecified atom stereocenters. The van der Waals surface area contributed by atoms with Gasteiger partial charge in [0.1, 0.15) is 5.82 Å². The van der Waals surface area contributed by atoms with Gasteiger partial charge < -0.3 is 10.2 Å². The van der Waals surface area contributed by atoms with E-state index in [4.69, 9.17) is 5.26 Å². The van der Waals surface area contributed by atoms with Crippen LogP contribution in [0.25, 0.3) is 11.1 Å². The number of rotatable bonds is 4. The number of nitrogens with one attached hydrogen (secondary N) is 2. The maximum Gasteiger partial charge on any atom is 0.179 e. The fourth-order valence-corrected chi connectivity index (χ4v) is 3.28. The Hall–Kier alpha value is -3.77. The van der Waals surface area contributed by atoms with Gasteiger partial charge in [-0.2, -0.15) is 15.6 Å². The minimum Gasteiger partial charge on any atom is -0.366 e. The van der Waals surface area contributed by atoms with Gasteiger partial charge in [0.05, 0.1) is 30.9 Å². The van der Waals surface area contributed by atoms with E-state index in [2.05, 4.69) is 39.9 Å². The molecule has 2 N–H and O–H groups in total. The topological polar surface area (TPSA) is 91.5 Å². The Morgan fingerprint density at radius 3 is 2.65 bits per heavy atom. The largest absolute Gasteiger partial charge is 0.366 e. The van der Waals surface area contributed by atoms with Gasteiger partial charge >= 0.3 is 0 Å². The molecule has 4 rings (SSSR count). The molecule has 6 nitrogen and oxygen atoms in total. The highest BCUT2D eigenvalue weighted by atomic mass is 15.2. The van der Waals surface area contributed by atoms with Crippen LogP contribution < -0.4 is 5.32 Å². The summed E-state index contributed by atoms with van der Waals surface area (Å²) in [5.41, 5.74) is 6.31. The lowest BCUT2D eigenvalue weighted by Crippen LogP contribution is -2.07. The van der Waals surface area contributed by atoms with Crippen LogP contribution in [0.2, 0.25) is 0 Å². The van der Waals surface area contributed by atoms with Crippen LogP contribution in [0, 0.1) is 22.8 Å². The van der Waals surface area contributed by atoms with Crippen LogP contribution in [0.3, 0.4) is 0 Å². The highest BCUT2D eigenvalue weighted by Gasteiger charge is 2.22. The van der Waals surface area contributed by atoms with Crippen molar-refractivity contribution < 1.29 is 0 Å². The summed E-state index contributed by atoms with van der Waals surface area (Å²) in [6, 6.07) is 15.9. The number of H-pyrrole nitrogens is 1. The smallest absolute Gasteiger partial charge is 0.179 e. The fraction of sp³-hybridized carbons (Fsp3) is 0.150. The van der Waals surface area contributed by atoms with Crippen molar-refractivity contribution >= 4 is 5.82 Å². The van der Waals surface area contributed by atoms with Gasteiger partial charge in [0.25, 0.3) is 0 Å². The zero-order chi connectivity index (χ0) is 17.9. The molecular weight excluding hydrogens is 324 g/mol. The first-order chi connectivity index (χ1) is 12.8. The van der Waals surface area contributed by atoms with E-state index in [0.29, 0.717) is 25.2 Å². The van der Waals surface area contributed by atoms with Gasteiger partial charge in [0, 0.05) is 6.54 Å². The Bertz CT molecular complexity index is 1010. The maximum atomic E-state index is 9.28. The molecule has 0 fully saturated rings. The van der Waals surface area contributed by atoms with Crippen molar-refractivity contribution in [1.29, 1.82) is 10.5 Å². The molecule has 2 aromatic carbocycles. The van der Waals surface area contributed by atoms with Gasteiger partial charge in [-0.3, -0.25) is 5.10 Å². The number of aromatic amines is 1. The lowest BCUT2D eigenvalue weighted by atomic mass is 9.94. The number of nitriles is 2. The molecule has 6 heteroatoms. The zero-order valence-corrected chi connectivity index (χ0v) is 14.0. The zero-order valence-electron chi connectivity index (χ0n) is 14.0. The van der Waals surface area contributed by atoms with Crippen LogP contribution in [-0.4, -0.2) is 15.1 Å². The van der Waals surface area contributed by atoms with Crippen LogP contribution in [-0.2, 0) is 19.6 Å². The quantitative estimate of drug-likeness (QED) is 0.711. The molecule has 0 amide bonds. The maximum absolute atomic E-state index is 9.28. The number of fused-ring (bicyclic) bond motifs is 1. The molecular formula is C20H16N6. The van der Waals surface area contributed by atoms with E-state index in [9.17, 15) is 5.26 Å². The van der Waals surface area contributed by atoms with Crippen LogP contribution in [0.4, 0.5) is 5.82 Å². The molecule has 2 heterocycles. The van der Waals surface area contributed by atoms with Crippen molar-refractivity contribution in [3.05, 3.63) is 70.9 Å². The van der Waals surface area contributed by atoms with Crippen molar-refractivity contribution in [2.45, 2.75) is 19.6 Å². The van der Waals surface area contributed by atoms with E-state index < -0.39 is 0 Å². The number of hydrogen-bond acceptors (Lipinski definition) is 5. The summed E-state index contributed by atoms with van der Waals surface area (Å²) in [4.78, 5) is 1.75. The second-order valence-corrected chi connectivity index (χ2v) is 6.25. The van der Waals surface area contributed by atoms with E-state index in [0.717, 1.165) is 22.5 Å². The molecule has 126 valence electrons. The third-order valence-corrected chi connectivity index (χ3v) is 4.56. The highest BCUT2D eigenvalue weighted by molar-refractivity contribution is 5.71. The predicted molar refractivity (Wildman–Crippen MR) is 97.4 cm³/mol. The Morgan fingerprint density at radius 2 is 1.96 bits per heavy atom. The lowest BCUT2D eigenvalue weighted by Gasteiger charge is -2.12. The Kier molecular flexibility index (Phi) is 4.01. The molecule has 0 saturated heterocycles. The normalized spacial score (nSPS) is 12.3. The predicted octanol–water partition coefficient (Wildman–Crippen LogP) is 3.36. The van der Waals surface area contributed by atoms with Gasteiger partial charge in [-0.1, -0.05) is 18.2 Å². The molecule has 0 spiro atoms. The van der Waals surface area contributed by atoms with E-state index >= 15 is 0 Å². The molecule has 0 aliphatic carbocycles. The Balaban J connectivity index is 1.71. The fourth-order valence-electron chi connectivity index (χ4n) is 3.28. The Morgan fingerprint density at radius 1 is 1.12 bits per heavy atom. The molecule has 0 radical (unpaired) electrons. The third kappa shape index (κ3) is 2.97. The standard InChI is InChI=1S/C20H16N6/c21-9-14-1-3-16(4-2-14)18-8-15(10-23-20-5-6-24-25-20)7-17-11-26(13-22)12-19(17)18/h1-8H,10-12H2,(H2,23,24,25). The molecule has 0 bridgehead atoms. The average Bonchev–Trinajstić information content (AvgIpc) is 3.35.